The van der Waals surface area contributed by atoms with Gasteiger partial charge in [-0.15, -0.1) is 0 Å². The van der Waals surface area contributed by atoms with E-state index in [2.05, 4.69) is 5.32 Å². The summed E-state index contributed by atoms with van der Waals surface area (Å²) in [6.07, 6.45) is 1.81. The SMILES string of the molecule is CCc1cccc(C)c1N(CC(=O)Nc1cccc(C)c1C)S(C)(=O)=O. The summed E-state index contributed by atoms with van der Waals surface area (Å²) in [4.78, 5) is 12.6. The lowest BCUT2D eigenvalue weighted by molar-refractivity contribution is -0.114. The first-order chi connectivity index (χ1) is 12.1. The maximum atomic E-state index is 12.6. The summed E-state index contributed by atoms with van der Waals surface area (Å²) in [6, 6.07) is 11.3. The number of carbonyl (C=O) groups is 1. The molecule has 0 aliphatic heterocycles. The topological polar surface area (TPSA) is 66.5 Å². The summed E-state index contributed by atoms with van der Waals surface area (Å²) in [6.45, 7) is 7.46. The Kier molecular flexibility index (Phi) is 6.08. The highest BCUT2D eigenvalue weighted by Gasteiger charge is 2.24. The Labute approximate surface area is 156 Å². The number of nitrogens with one attached hydrogen (secondary N) is 1. The molecule has 1 N–H and O–H groups in total. The van der Waals surface area contributed by atoms with Crippen LogP contribution in [0.3, 0.4) is 0 Å². The molecule has 0 atom stereocenters. The fourth-order valence-electron chi connectivity index (χ4n) is 2.93. The molecule has 2 rings (SSSR count). The monoisotopic (exact) mass is 374 g/mol. The summed E-state index contributed by atoms with van der Waals surface area (Å²) >= 11 is 0. The van der Waals surface area contributed by atoms with Crippen LogP contribution >= 0.6 is 0 Å². The van der Waals surface area contributed by atoms with Crippen molar-refractivity contribution in [1.82, 2.24) is 0 Å². The third-order valence-electron chi connectivity index (χ3n) is 4.52. The highest BCUT2D eigenvalue weighted by molar-refractivity contribution is 7.92. The van der Waals surface area contributed by atoms with Crippen LogP contribution in [0.4, 0.5) is 11.4 Å². The molecule has 0 saturated heterocycles. The van der Waals surface area contributed by atoms with Crippen LogP contribution < -0.4 is 9.62 Å². The van der Waals surface area contributed by atoms with Gasteiger partial charge in [0.1, 0.15) is 6.54 Å². The van der Waals surface area contributed by atoms with Gasteiger partial charge in [0.2, 0.25) is 15.9 Å². The molecule has 0 aliphatic rings. The van der Waals surface area contributed by atoms with Gasteiger partial charge in [-0.25, -0.2) is 8.42 Å². The maximum Gasteiger partial charge on any atom is 0.245 e. The predicted molar refractivity (Wildman–Crippen MR) is 107 cm³/mol. The highest BCUT2D eigenvalue weighted by Crippen LogP contribution is 2.28. The van der Waals surface area contributed by atoms with Crippen LogP contribution in [-0.2, 0) is 21.2 Å². The number of carbonyl (C=O) groups excluding carboxylic acids is 1. The van der Waals surface area contributed by atoms with Gasteiger partial charge in [-0.3, -0.25) is 9.10 Å². The summed E-state index contributed by atoms with van der Waals surface area (Å²) in [5.41, 5.74) is 5.05. The molecule has 0 saturated carbocycles. The molecule has 0 fully saturated rings. The van der Waals surface area contributed by atoms with Gasteiger partial charge >= 0.3 is 0 Å². The van der Waals surface area contributed by atoms with Crippen LogP contribution in [0, 0.1) is 20.8 Å². The van der Waals surface area contributed by atoms with Crippen molar-refractivity contribution < 1.29 is 13.2 Å². The molecule has 0 bridgehead atoms. The standard InChI is InChI=1S/C20H26N2O3S/c1-6-17-11-7-10-15(3)20(17)22(26(5,24)25)13-19(23)21-18-12-8-9-14(2)16(18)4/h7-12H,6,13H2,1-5H3,(H,21,23). The molecular weight excluding hydrogens is 348 g/mol. The number of aryl methyl sites for hydroxylation is 3. The summed E-state index contributed by atoms with van der Waals surface area (Å²) < 4.78 is 26.0. The van der Waals surface area contributed by atoms with Crippen molar-refractivity contribution in [1.29, 1.82) is 0 Å². The molecule has 5 nitrogen and oxygen atoms in total. The predicted octanol–water partition coefficient (Wildman–Crippen LogP) is 3.58. The van der Waals surface area contributed by atoms with E-state index in [1.54, 1.807) is 0 Å². The Morgan fingerprint density at radius 1 is 1.04 bits per heavy atom. The summed E-state index contributed by atoms with van der Waals surface area (Å²) in [5, 5.41) is 2.84. The number of anilines is 2. The number of rotatable bonds is 6. The lowest BCUT2D eigenvalue weighted by Crippen LogP contribution is -2.38. The number of sulfonamides is 1. The number of hydrogen-bond donors (Lipinski definition) is 1. The Morgan fingerprint density at radius 3 is 2.27 bits per heavy atom. The minimum absolute atomic E-state index is 0.260. The van der Waals surface area contributed by atoms with Gasteiger partial charge in [0.25, 0.3) is 0 Å². The van der Waals surface area contributed by atoms with Crippen molar-refractivity contribution >= 4 is 27.3 Å². The largest absolute Gasteiger partial charge is 0.324 e. The van der Waals surface area contributed by atoms with Crippen molar-refractivity contribution in [2.24, 2.45) is 0 Å². The Hall–Kier alpha value is -2.34. The molecule has 2 aromatic carbocycles. The zero-order chi connectivity index (χ0) is 19.5. The smallest absolute Gasteiger partial charge is 0.245 e. The van der Waals surface area contributed by atoms with Crippen molar-refractivity contribution in [3.05, 3.63) is 58.7 Å². The van der Waals surface area contributed by atoms with Gasteiger partial charge in [0, 0.05) is 5.69 Å². The second-order valence-corrected chi connectivity index (χ2v) is 8.41. The average molecular weight is 375 g/mol. The van der Waals surface area contributed by atoms with E-state index in [4.69, 9.17) is 0 Å². The minimum atomic E-state index is -3.61. The molecule has 0 aliphatic carbocycles. The fourth-order valence-corrected chi connectivity index (χ4v) is 3.88. The Balaban J connectivity index is 2.36. The van der Waals surface area contributed by atoms with E-state index in [-0.39, 0.29) is 12.5 Å². The summed E-state index contributed by atoms with van der Waals surface area (Å²) in [5.74, 6) is -0.366. The van der Waals surface area contributed by atoms with Gasteiger partial charge in [-0.05, 0) is 55.5 Å². The number of hydrogen-bond acceptors (Lipinski definition) is 3. The van der Waals surface area contributed by atoms with E-state index < -0.39 is 10.0 Å². The van der Waals surface area contributed by atoms with E-state index in [0.717, 1.165) is 28.5 Å². The second-order valence-electron chi connectivity index (χ2n) is 6.50. The van der Waals surface area contributed by atoms with Crippen LogP contribution in [0.2, 0.25) is 0 Å². The van der Waals surface area contributed by atoms with Crippen LogP contribution in [-0.4, -0.2) is 27.1 Å². The number of benzene rings is 2. The zero-order valence-corrected chi connectivity index (χ0v) is 16.8. The third-order valence-corrected chi connectivity index (χ3v) is 5.63. The van der Waals surface area contributed by atoms with Crippen LogP contribution in [0.15, 0.2) is 36.4 Å². The molecule has 0 unspecified atom stereocenters. The van der Waals surface area contributed by atoms with Gasteiger partial charge in [0.05, 0.1) is 11.9 Å². The molecule has 6 heteroatoms. The van der Waals surface area contributed by atoms with Gasteiger partial charge in [-0.1, -0.05) is 37.3 Å². The van der Waals surface area contributed by atoms with E-state index in [1.165, 1.54) is 4.31 Å². The van der Waals surface area contributed by atoms with E-state index >= 15 is 0 Å². The zero-order valence-electron chi connectivity index (χ0n) is 16.0. The van der Waals surface area contributed by atoms with E-state index in [9.17, 15) is 13.2 Å². The molecular formula is C20H26N2O3S. The number of nitrogens with zero attached hydrogens (tertiary/aromatic N) is 1. The van der Waals surface area contributed by atoms with Crippen LogP contribution in [0.5, 0.6) is 0 Å². The van der Waals surface area contributed by atoms with Crippen LogP contribution in [0.25, 0.3) is 0 Å². The third kappa shape index (κ3) is 4.43. The minimum Gasteiger partial charge on any atom is -0.324 e. The van der Waals surface area contributed by atoms with Crippen molar-refractivity contribution in [2.75, 3.05) is 22.4 Å². The summed E-state index contributed by atoms with van der Waals surface area (Å²) in [7, 11) is -3.61. The average Bonchev–Trinajstić information content (AvgIpc) is 2.56. The van der Waals surface area contributed by atoms with Gasteiger partial charge in [-0.2, -0.15) is 0 Å². The first-order valence-corrected chi connectivity index (χ1v) is 10.4. The normalized spacial score (nSPS) is 11.3. The van der Waals surface area contributed by atoms with Crippen molar-refractivity contribution in [3.63, 3.8) is 0 Å². The molecule has 2 aromatic rings. The quantitative estimate of drug-likeness (QED) is 0.840. The molecule has 0 radical (unpaired) electrons. The van der Waals surface area contributed by atoms with E-state index in [1.807, 2.05) is 64.1 Å². The lowest BCUT2D eigenvalue weighted by atomic mass is 10.1. The first kappa shape index (κ1) is 20.0. The van der Waals surface area contributed by atoms with Crippen molar-refractivity contribution in [2.45, 2.75) is 34.1 Å². The van der Waals surface area contributed by atoms with Crippen molar-refractivity contribution in [3.8, 4) is 0 Å². The van der Waals surface area contributed by atoms with Gasteiger partial charge < -0.3 is 5.32 Å². The highest BCUT2D eigenvalue weighted by atomic mass is 32.2. The fraction of sp³-hybridized carbons (Fsp3) is 0.350. The number of para-hydroxylation sites is 1. The van der Waals surface area contributed by atoms with E-state index in [0.29, 0.717) is 17.8 Å². The Bertz CT molecular complexity index is 921. The molecule has 140 valence electrons. The number of amides is 1. The van der Waals surface area contributed by atoms with Crippen LogP contribution in [0.1, 0.15) is 29.2 Å². The molecule has 1 amide bonds. The maximum absolute atomic E-state index is 12.6. The molecule has 26 heavy (non-hydrogen) atoms. The Morgan fingerprint density at radius 2 is 1.65 bits per heavy atom. The molecule has 0 heterocycles. The molecule has 0 aromatic heterocycles. The lowest BCUT2D eigenvalue weighted by Gasteiger charge is -2.26. The molecule has 0 spiro atoms. The first-order valence-electron chi connectivity index (χ1n) is 8.57. The van der Waals surface area contributed by atoms with Gasteiger partial charge in [0.15, 0.2) is 0 Å². The second kappa shape index (κ2) is 7.91.